The zero-order valence-electron chi connectivity index (χ0n) is 18.8. The van der Waals surface area contributed by atoms with Gasteiger partial charge in [-0.1, -0.05) is 0 Å². The molecule has 38 heavy (non-hydrogen) atoms. The molecule has 0 N–H and O–H groups in total. The number of alkyl halides is 14. The Kier molecular flexibility index (Phi) is 9.71. The van der Waals surface area contributed by atoms with Crippen molar-refractivity contribution < 1.29 is 64.5 Å². The van der Waals surface area contributed by atoms with E-state index < -0.39 is 70.7 Å². The maximum atomic E-state index is 15.0. The molecule has 0 saturated carbocycles. The second-order valence-electron chi connectivity index (χ2n) is 8.09. The van der Waals surface area contributed by atoms with Crippen LogP contribution in [-0.2, 0) is 8.68 Å². The summed E-state index contributed by atoms with van der Waals surface area (Å²) in [5.41, 5.74) is -2.97. The van der Waals surface area contributed by atoms with Gasteiger partial charge in [-0.3, -0.25) is 0 Å². The molecule has 1 radical (unpaired) electrons. The van der Waals surface area contributed by atoms with Gasteiger partial charge in [0.05, 0.1) is 0 Å². The van der Waals surface area contributed by atoms with Crippen molar-refractivity contribution in [2.75, 3.05) is 0 Å². The summed E-state index contributed by atoms with van der Waals surface area (Å²) in [4.78, 5) is 0. The molecule has 0 fully saturated rings. The number of halogens is 14. The van der Waals surface area contributed by atoms with Crippen molar-refractivity contribution >= 4 is 20.2 Å². The van der Waals surface area contributed by atoms with Crippen molar-refractivity contribution in [2.24, 2.45) is 0 Å². The van der Waals surface area contributed by atoms with E-state index in [1.54, 1.807) is 0 Å². The summed E-state index contributed by atoms with van der Waals surface area (Å²) in [6.07, 6.45) is -10.6. The minimum atomic E-state index is -7.19. The van der Waals surface area contributed by atoms with Crippen LogP contribution in [0.25, 0.3) is 0 Å². The first-order valence-electron chi connectivity index (χ1n) is 10.3. The molecule has 0 amide bonds. The predicted octanol–water partition coefficient (Wildman–Crippen LogP) is 7.78. The Hall–Kier alpha value is -1.78. The Morgan fingerprint density at radius 2 is 0.816 bits per heavy atom. The molecule has 2 aromatic rings. The normalized spacial score (nSPS) is 15.8. The van der Waals surface area contributed by atoms with Crippen LogP contribution < -0.4 is 0 Å². The van der Waals surface area contributed by atoms with Crippen LogP contribution in [0.4, 0.5) is 61.5 Å². The van der Waals surface area contributed by atoms with Gasteiger partial charge in [-0.2, -0.15) is 0 Å². The second kappa shape index (κ2) is 11.4. The molecule has 1 nitrogen and oxygen atoms in total. The van der Waals surface area contributed by atoms with Crippen molar-refractivity contribution in [3.63, 3.8) is 0 Å². The summed E-state index contributed by atoms with van der Waals surface area (Å²) < 4.78 is 187. The molecular formula is C22H17F14OSn. The SMILES string of the molecule is CC([O][Sn]([CH](F)C(F)(F)C(F)(F)C(F)F)[CH](F)C(F)(F)C(F)(F)C(F)F)(c1ccccc1)c1ccccc1. The predicted molar refractivity (Wildman–Crippen MR) is 108 cm³/mol. The van der Waals surface area contributed by atoms with Gasteiger partial charge in [-0.05, 0) is 0 Å². The van der Waals surface area contributed by atoms with Crippen LogP contribution in [0.5, 0.6) is 0 Å². The zero-order chi connectivity index (χ0) is 29.3. The van der Waals surface area contributed by atoms with Gasteiger partial charge < -0.3 is 0 Å². The average Bonchev–Trinajstić information content (AvgIpc) is 2.86. The van der Waals surface area contributed by atoms with Crippen LogP contribution in [0, 0.1) is 0 Å². The van der Waals surface area contributed by atoms with E-state index in [4.69, 9.17) is 3.07 Å². The zero-order valence-corrected chi connectivity index (χ0v) is 21.6. The van der Waals surface area contributed by atoms with Gasteiger partial charge in [-0.15, -0.1) is 0 Å². The van der Waals surface area contributed by atoms with Gasteiger partial charge in [-0.25, -0.2) is 0 Å². The maximum absolute atomic E-state index is 15.0. The second-order valence-corrected chi connectivity index (χ2v) is 13.9. The number of benzene rings is 2. The first-order chi connectivity index (χ1) is 17.3. The molecule has 2 atom stereocenters. The molecule has 0 saturated heterocycles. The van der Waals surface area contributed by atoms with Gasteiger partial charge >= 0.3 is 214 Å². The third kappa shape index (κ3) is 5.72. The Morgan fingerprint density at radius 3 is 1.08 bits per heavy atom. The van der Waals surface area contributed by atoms with Gasteiger partial charge in [0.15, 0.2) is 0 Å². The van der Waals surface area contributed by atoms with Crippen LogP contribution in [0.2, 0.25) is 0 Å². The van der Waals surface area contributed by atoms with E-state index in [2.05, 4.69) is 0 Å². The van der Waals surface area contributed by atoms with E-state index in [1.807, 2.05) is 0 Å². The van der Waals surface area contributed by atoms with Gasteiger partial charge in [0.1, 0.15) is 0 Å². The quantitative estimate of drug-likeness (QED) is 0.164. The summed E-state index contributed by atoms with van der Waals surface area (Å²) in [6, 6.07) is 12.1. The first-order valence-corrected chi connectivity index (χ1v) is 14.7. The molecule has 0 aliphatic rings. The Bertz CT molecular complexity index is 957. The van der Waals surface area contributed by atoms with E-state index >= 15 is 8.78 Å². The van der Waals surface area contributed by atoms with Crippen molar-refractivity contribution in [3.8, 4) is 0 Å². The van der Waals surface area contributed by atoms with Crippen LogP contribution in [0.15, 0.2) is 60.7 Å². The standard InChI is InChI=1S/C14H13O.2C4H2F7.Sn/c1-14(15,12-8-4-2-5-9-12)13-10-6-3-7-11-13;2*5-1-3(8,9)4(10,11)2(6)7;/h2-11H,1H3;2*1-2H;/q-1;;;+1. The number of hydrogen-bond acceptors (Lipinski definition) is 1. The summed E-state index contributed by atoms with van der Waals surface area (Å²) in [5.74, 6) is -26.4. The molecular weight excluding hydrogens is 665 g/mol. The molecule has 2 rings (SSSR count). The van der Waals surface area contributed by atoms with E-state index in [0.29, 0.717) is 0 Å². The van der Waals surface area contributed by atoms with Gasteiger partial charge in [0.2, 0.25) is 0 Å². The Morgan fingerprint density at radius 1 is 0.526 bits per heavy atom. The van der Waals surface area contributed by atoms with Crippen LogP contribution in [0.3, 0.4) is 0 Å². The van der Waals surface area contributed by atoms with Crippen LogP contribution in [0.1, 0.15) is 18.1 Å². The fraction of sp³-hybridized carbons (Fsp3) is 0.455. The molecule has 0 heterocycles. The number of rotatable bonds is 12. The van der Waals surface area contributed by atoms with E-state index in [-0.39, 0.29) is 11.1 Å². The van der Waals surface area contributed by atoms with Crippen LogP contribution in [-0.4, -0.2) is 65.1 Å². The van der Waals surface area contributed by atoms with E-state index in [1.165, 1.54) is 36.4 Å². The minimum absolute atomic E-state index is 0.239. The fourth-order valence-electron chi connectivity index (χ4n) is 3.25. The van der Waals surface area contributed by atoms with Gasteiger partial charge in [0, 0.05) is 0 Å². The number of hydrogen-bond donors (Lipinski definition) is 0. The molecule has 213 valence electrons. The molecule has 2 aromatic carbocycles. The third-order valence-corrected chi connectivity index (χ3v) is 12.3. The average molecular weight is 682 g/mol. The summed E-state index contributed by atoms with van der Waals surface area (Å²) in [5, 5.41) is 0. The van der Waals surface area contributed by atoms with Gasteiger partial charge in [0.25, 0.3) is 0 Å². The monoisotopic (exact) mass is 683 g/mol. The third-order valence-electron chi connectivity index (χ3n) is 5.54. The van der Waals surface area contributed by atoms with E-state index in [9.17, 15) is 52.7 Å². The molecule has 0 aliphatic heterocycles. The van der Waals surface area contributed by atoms with Crippen molar-refractivity contribution in [3.05, 3.63) is 71.8 Å². The molecule has 0 bridgehead atoms. The van der Waals surface area contributed by atoms with Crippen molar-refractivity contribution in [2.45, 2.75) is 57.4 Å². The molecule has 0 spiro atoms. The Balaban J connectivity index is 2.79. The Labute approximate surface area is 214 Å². The first kappa shape index (κ1) is 32.4. The topological polar surface area (TPSA) is 9.23 Å². The molecule has 16 heteroatoms. The summed E-state index contributed by atoms with van der Waals surface area (Å²) in [7, 11) is 0. The molecule has 2 unspecified atom stereocenters. The van der Waals surface area contributed by atoms with Crippen LogP contribution >= 0.6 is 0 Å². The van der Waals surface area contributed by atoms with E-state index in [0.717, 1.165) is 31.2 Å². The molecule has 0 aliphatic carbocycles. The van der Waals surface area contributed by atoms with Crippen molar-refractivity contribution in [1.82, 2.24) is 0 Å². The summed E-state index contributed by atoms with van der Waals surface area (Å²) in [6.45, 7) is 0.838. The summed E-state index contributed by atoms with van der Waals surface area (Å²) >= 11 is -7.19. The fourth-order valence-corrected chi connectivity index (χ4v) is 9.73. The molecule has 0 aromatic heterocycles. The van der Waals surface area contributed by atoms with Crippen molar-refractivity contribution in [1.29, 1.82) is 0 Å².